The number of carbonyl (C=O) groups is 1. The number of hydrogen-bond donors (Lipinski definition) is 2. The highest BCUT2D eigenvalue weighted by atomic mass is 16.5. The van der Waals surface area contributed by atoms with E-state index in [9.17, 15) is 4.79 Å². The summed E-state index contributed by atoms with van der Waals surface area (Å²) in [5.74, 6) is 1.43. The van der Waals surface area contributed by atoms with Crippen LogP contribution in [0.3, 0.4) is 0 Å². The van der Waals surface area contributed by atoms with Crippen LogP contribution < -0.4 is 20.7 Å². The van der Waals surface area contributed by atoms with Crippen LogP contribution in [0.1, 0.15) is 47.9 Å². The molecule has 1 aromatic heterocycles. The quantitative estimate of drug-likeness (QED) is 0.563. The molecule has 194 valence electrons. The Hall–Kier alpha value is -3.23. The number of para-hydroxylation sites is 1. The third-order valence-electron chi connectivity index (χ3n) is 8.45. The molecular weight excluding hydrogens is 466 g/mol. The normalized spacial score (nSPS) is 23.6. The highest BCUT2D eigenvalue weighted by Gasteiger charge is 2.38. The molecule has 2 saturated heterocycles. The molecule has 2 atom stereocenters. The summed E-state index contributed by atoms with van der Waals surface area (Å²) in [7, 11) is 0. The van der Waals surface area contributed by atoms with Gasteiger partial charge in [0.15, 0.2) is 0 Å². The van der Waals surface area contributed by atoms with Gasteiger partial charge in [-0.3, -0.25) is 4.79 Å². The number of amides is 1. The minimum atomic E-state index is -0.0151. The molecule has 4 aliphatic heterocycles. The average Bonchev–Trinajstić information content (AvgIpc) is 3.48. The molecule has 0 aliphatic carbocycles. The minimum Gasteiger partial charge on any atom is -0.489 e. The van der Waals surface area contributed by atoms with Crippen molar-refractivity contribution in [2.45, 2.75) is 44.4 Å². The van der Waals surface area contributed by atoms with E-state index in [1.54, 1.807) is 0 Å². The van der Waals surface area contributed by atoms with E-state index in [0.717, 1.165) is 75.7 Å². The zero-order chi connectivity index (χ0) is 24.9. The van der Waals surface area contributed by atoms with Gasteiger partial charge in [-0.2, -0.15) is 0 Å². The van der Waals surface area contributed by atoms with Gasteiger partial charge in [0.25, 0.3) is 5.91 Å². The molecule has 0 bridgehead atoms. The number of benzene rings is 2. The van der Waals surface area contributed by atoms with Gasteiger partial charge in [0, 0.05) is 55.4 Å². The molecular formula is C29H35N5O3. The van der Waals surface area contributed by atoms with E-state index in [4.69, 9.17) is 15.2 Å². The third-order valence-corrected chi connectivity index (χ3v) is 8.45. The summed E-state index contributed by atoms with van der Waals surface area (Å²) in [6.07, 6.45) is 4.10. The number of anilines is 2. The fourth-order valence-electron chi connectivity index (χ4n) is 6.56. The first-order valence-electron chi connectivity index (χ1n) is 13.7. The van der Waals surface area contributed by atoms with Gasteiger partial charge in [0.1, 0.15) is 24.2 Å². The van der Waals surface area contributed by atoms with E-state index < -0.39 is 0 Å². The Balaban J connectivity index is 1.25. The van der Waals surface area contributed by atoms with Crippen molar-refractivity contribution in [2.75, 3.05) is 49.7 Å². The monoisotopic (exact) mass is 501 g/mol. The number of hydrogen-bond acceptors (Lipinski definition) is 6. The fourth-order valence-corrected chi connectivity index (χ4v) is 6.56. The number of likely N-dealkylation sites (tertiary alicyclic amines) is 1. The van der Waals surface area contributed by atoms with Gasteiger partial charge in [0.2, 0.25) is 0 Å². The molecule has 3 aromatic rings. The molecule has 7 rings (SSSR count). The summed E-state index contributed by atoms with van der Waals surface area (Å²) in [4.78, 5) is 17.7. The standard InChI is InChI=1S/C29H35N5O3/c30-22-5-3-9-32(18-22)29(35)21-14-23-27-26(16-21)37-13-10-33(27)28(31-23)25-15-20-4-1-2-6-24(20)34(25)17-19-7-11-36-12-8-19/h1-2,4,6,14-16,19,22,28,31H,3,5,7-13,17-18,30H2/t22?,28-/m1/s1. The number of nitrogens with two attached hydrogens (primary N) is 1. The minimum absolute atomic E-state index is 0.0151. The van der Waals surface area contributed by atoms with Crippen molar-refractivity contribution in [2.24, 2.45) is 11.7 Å². The van der Waals surface area contributed by atoms with Crippen LogP contribution in [-0.4, -0.2) is 60.9 Å². The van der Waals surface area contributed by atoms with Crippen molar-refractivity contribution >= 4 is 28.2 Å². The van der Waals surface area contributed by atoms with Gasteiger partial charge in [-0.1, -0.05) is 18.2 Å². The molecule has 2 aromatic carbocycles. The maximum atomic E-state index is 13.4. The first kappa shape index (κ1) is 22.9. The van der Waals surface area contributed by atoms with E-state index in [1.165, 1.54) is 16.6 Å². The molecule has 0 radical (unpaired) electrons. The van der Waals surface area contributed by atoms with Crippen molar-refractivity contribution in [3.63, 3.8) is 0 Å². The molecule has 5 heterocycles. The van der Waals surface area contributed by atoms with E-state index in [-0.39, 0.29) is 18.1 Å². The zero-order valence-electron chi connectivity index (χ0n) is 21.2. The Bertz CT molecular complexity index is 1330. The second-order valence-corrected chi connectivity index (χ2v) is 10.9. The lowest BCUT2D eigenvalue weighted by Crippen LogP contribution is -2.45. The van der Waals surface area contributed by atoms with E-state index >= 15 is 0 Å². The Morgan fingerprint density at radius 1 is 1.05 bits per heavy atom. The summed E-state index contributed by atoms with van der Waals surface area (Å²) in [6, 6.07) is 15.0. The number of carbonyl (C=O) groups excluding carboxylic acids is 1. The highest BCUT2D eigenvalue weighted by Crippen LogP contribution is 2.50. The van der Waals surface area contributed by atoms with Crippen molar-refractivity contribution < 1.29 is 14.3 Å². The van der Waals surface area contributed by atoms with Gasteiger partial charge >= 0.3 is 0 Å². The lowest BCUT2D eigenvalue weighted by molar-refractivity contribution is 0.0613. The first-order valence-corrected chi connectivity index (χ1v) is 13.7. The van der Waals surface area contributed by atoms with Gasteiger partial charge in [-0.25, -0.2) is 0 Å². The van der Waals surface area contributed by atoms with Crippen LogP contribution in [0.2, 0.25) is 0 Å². The van der Waals surface area contributed by atoms with Crippen molar-refractivity contribution in [1.82, 2.24) is 9.47 Å². The third kappa shape index (κ3) is 4.03. The second-order valence-electron chi connectivity index (χ2n) is 10.9. The topological polar surface area (TPSA) is 85.0 Å². The average molecular weight is 502 g/mol. The first-order chi connectivity index (χ1) is 18.2. The predicted molar refractivity (Wildman–Crippen MR) is 144 cm³/mol. The predicted octanol–water partition coefficient (Wildman–Crippen LogP) is 3.95. The molecule has 3 N–H and O–H groups in total. The lowest BCUT2D eigenvalue weighted by atomic mass is 10.00. The van der Waals surface area contributed by atoms with E-state index in [2.05, 4.69) is 45.1 Å². The summed E-state index contributed by atoms with van der Waals surface area (Å²) < 4.78 is 14.2. The van der Waals surface area contributed by atoms with Crippen LogP contribution in [0.25, 0.3) is 10.9 Å². The highest BCUT2D eigenvalue weighted by molar-refractivity contribution is 5.99. The van der Waals surface area contributed by atoms with Crippen molar-refractivity contribution in [1.29, 1.82) is 0 Å². The van der Waals surface area contributed by atoms with Gasteiger partial charge in [-0.15, -0.1) is 0 Å². The molecule has 0 saturated carbocycles. The molecule has 37 heavy (non-hydrogen) atoms. The van der Waals surface area contributed by atoms with Gasteiger partial charge in [0.05, 0.1) is 17.9 Å². The SMILES string of the molecule is NC1CCCN(C(=O)c2cc3c4c(c2)OCCN4[C@H](c2cc4ccccc4n2CC2CCOCC2)N3)C1. The number of piperidine rings is 1. The largest absolute Gasteiger partial charge is 0.489 e. The van der Waals surface area contributed by atoms with Gasteiger partial charge in [-0.05, 0) is 55.9 Å². The van der Waals surface area contributed by atoms with Crippen LogP contribution in [0.4, 0.5) is 11.4 Å². The summed E-state index contributed by atoms with van der Waals surface area (Å²) in [6.45, 7) is 5.43. The molecule has 8 nitrogen and oxygen atoms in total. The van der Waals surface area contributed by atoms with Crippen LogP contribution in [-0.2, 0) is 11.3 Å². The van der Waals surface area contributed by atoms with Crippen molar-refractivity contribution in [3.05, 3.63) is 53.7 Å². The number of ether oxygens (including phenoxy) is 2. The van der Waals surface area contributed by atoms with Crippen LogP contribution >= 0.6 is 0 Å². The number of nitrogens with zero attached hydrogens (tertiary/aromatic N) is 3. The summed E-state index contributed by atoms with van der Waals surface area (Å²) >= 11 is 0. The lowest BCUT2D eigenvalue weighted by Gasteiger charge is -2.33. The number of fused-ring (bicyclic) bond motifs is 1. The Kier molecular flexibility index (Phi) is 5.74. The van der Waals surface area contributed by atoms with E-state index in [0.29, 0.717) is 24.6 Å². The maximum absolute atomic E-state index is 13.4. The Morgan fingerprint density at radius 2 is 1.92 bits per heavy atom. The van der Waals surface area contributed by atoms with E-state index in [1.807, 2.05) is 17.0 Å². The molecule has 0 spiro atoms. The molecule has 1 unspecified atom stereocenters. The molecule has 4 aliphatic rings. The number of rotatable bonds is 4. The van der Waals surface area contributed by atoms with Crippen LogP contribution in [0.15, 0.2) is 42.5 Å². The fraction of sp³-hybridized carbons (Fsp3) is 0.483. The maximum Gasteiger partial charge on any atom is 0.254 e. The zero-order valence-corrected chi connectivity index (χ0v) is 21.2. The van der Waals surface area contributed by atoms with Crippen molar-refractivity contribution in [3.8, 4) is 5.75 Å². The van der Waals surface area contributed by atoms with Crippen LogP contribution in [0.5, 0.6) is 5.75 Å². The number of aromatic nitrogens is 1. The molecule has 2 fully saturated rings. The summed E-state index contributed by atoms with van der Waals surface area (Å²) in [5, 5.41) is 5.04. The number of nitrogens with one attached hydrogen (secondary N) is 1. The van der Waals surface area contributed by atoms with Crippen LogP contribution in [0, 0.1) is 5.92 Å². The smallest absolute Gasteiger partial charge is 0.254 e. The summed E-state index contributed by atoms with van der Waals surface area (Å²) in [5.41, 5.74) is 11.4. The Labute approximate surface area is 217 Å². The molecule has 8 heteroatoms. The Morgan fingerprint density at radius 3 is 2.78 bits per heavy atom. The second kappa shape index (κ2) is 9.26. The molecule has 1 amide bonds. The van der Waals surface area contributed by atoms with Gasteiger partial charge < -0.3 is 34.9 Å².